The Bertz CT molecular complexity index is 682. The van der Waals surface area contributed by atoms with Crippen LogP contribution < -0.4 is 15.5 Å². The molecule has 0 saturated heterocycles. The minimum Gasteiger partial charge on any atom is -0.484 e. The summed E-state index contributed by atoms with van der Waals surface area (Å²) in [7, 11) is 0. The quantitative estimate of drug-likeness (QED) is 0.634. The molecule has 0 aromatic heterocycles. The average molecular weight is 311 g/mol. The average Bonchev–Trinajstić information content (AvgIpc) is 2.55. The zero-order valence-electron chi connectivity index (χ0n) is 12.7. The Kier molecular flexibility index (Phi) is 5.88. The lowest BCUT2D eigenvalue weighted by atomic mass is 10.2. The summed E-state index contributed by atoms with van der Waals surface area (Å²) in [6.45, 7) is 1.34. The molecule has 2 amide bonds. The highest BCUT2D eigenvalue weighted by atomic mass is 16.5. The minimum absolute atomic E-state index is 0.108. The van der Waals surface area contributed by atoms with Crippen molar-refractivity contribution in [1.29, 1.82) is 0 Å². The lowest BCUT2D eigenvalue weighted by Gasteiger charge is -2.04. The van der Waals surface area contributed by atoms with E-state index >= 15 is 0 Å². The Morgan fingerprint density at radius 2 is 1.78 bits per heavy atom. The van der Waals surface area contributed by atoms with Gasteiger partial charge in [-0.2, -0.15) is 5.10 Å². The minimum atomic E-state index is -0.347. The van der Waals surface area contributed by atoms with Gasteiger partial charge in [0.25, 0.3) is 5.91 Å². The number of hydrogen-bond acceptors (Lipinski definition) is 4. The molecule has 0 fully saturated rings. The number of hydrogen-bond donors (Lipinski definition) is 2. The van der Waals surface area contributed by atoms with Gasteiger partial charge in [0, 0.05) is 12.6 Å². The van der Waals surface area contributed by atoms with Crippen molar-refractivity contribution >= 4 is 23.7 Å². The van der Waals surface area contributed by atoms with Gasteiger partial charge in [0.2, 0.25) is 5.91 Å². The molecule has 0 unspecified atom stereocenters. The summed E-state index contributed by atoms with van der Waals surface area (Å²) in [6, 6.07) is 16.1. The Morgan fingerprint density at radius 3 is 2.43 bits per heavy atom. The number of anilines is 1. The van der Waals surface area contributed by atoms with Crippen LogP contribution in [0.4, 0.5) is 5.69 Å². The molecule has 0 saturated carbocycles. The van der Waals surface area contributed by atoms with Gasteiger partial charge in [0.1, 0.15) is 5.75 Å². The molecule has 0 aliphatic heterocycles. The van der Waals surface area contributed by atoms with Gasteiger partial charge >= 0.3 is 0 Å². The molecule has 2 rings (SSSR count). The van der Waals surface area contributed by atoms with E-state index in [4.69, 9.17) is 4.74 Å². The van der Waals surface area contributed by atoms with Crippen LogP contribution in [0.3, 0.4) is 0 Å². The molecule has 0 aliphatic rings. The van der Waals surface area contributed by atoms with Gasteiger partial charge in [0.15, 0.2) is 6.61 Å². The van der Waals surface area contributed by atoms with Crippen molar-refractivity contribution in [2.45, 2.75) is 6.92 Å². The third kappa shape index (κ3) is 6.01. The summed E-state index contributed by atoms with van der Waals surface area (Å²) in [4.78, 5) is 22.5. The molecular weight excluding hydrogens is 294 g/mol. The van der Waals surface area contributed by atoms with Crippen LogP contribution in [0.5, 0.6) is 5.75 Å². The number of nitrogens with one attached hydrogen (secondary N) is 2. The first-order chi connectivity index (χ1) is 11.1. The fourth-order valence-corrected chi connectivity index (χ4v) is 1.73. The highest BCUT2D eigenvalue weighted by Gasteiger charge is 2.00. The van der Waals surface area contributed by atoms with Crippen molar-refractivity contribution in [2.24, 2.45) is 5.10 Å². The second kappa shape index (κ2) is 8.33. The lowest BCUT2D eigenvalue weighted by molar-refractivity contribution is -0.123. The Balaban J connectivity index is 1.77. The molecule has 0 aliphatic carbocycles. The smallest absolute Gasteiger partial charge is 0.277 e. The number of carbonyl (C=O) groups excluding carboxylic acids is 2. The number of para-hydroxylation sites is 1. The molecule has 2 aromatic rings. The molecular formula is C17H17N3O3. The van der Waals surface area contributed by atoms with E-state index in [-0.39, 0.29) is 18.4 Å². The van der Waals surface area contributed by atoms with Gasteiger partial charge < -0.3 is 10.1 Å². The van der Waals surface area contributed by atoms with Crippen molar-refractivity contribution < 1.29 is 14.3 Å². The summed E-state index contributed by atoms with van der Waals surface area (Å²) in [5.41, 5.74) is 3.88. The van der Waals surface area contributed by atoms with Crippen LogP contribution in [0.25, 0.3) is 0 Å². The molecule has 0 spiro atoms. The maximum absolute atomic E-state index is 11.6. The van der Waals surface area contributed by atoms with Crippen LogP contribution in [-0.2, 0) is 9.59 Å². The van der Waals surface area contributed by atoms with E-state index in [1.54, 1.807) is 36.4 Å². The first-order valence-corrected chi connectivity index (χ1v) is 7.01. The molecule has 6 nitrogen and oxygen atoms in total. The van der Waals surface area contributed by atoms with Crippen molar-refractivity contribution in [3.8, 4) is 5.75 Å². The van der Waals surface area contributed by atoms with Gasteiger partial charge in [-0.25, -0.2) is 5.43 Å². The molecule has 23 heavy (non-hydrogen) atoms. The van der Waals surface area contributed by atoms with E-state index in [9.17, 15) is 9.59 Å². The number of ether oxygens (including phenoxy) is 1. The van der Waals surface area contributed by atoms with Gasteiger partial charge in [-0.3, -0.25) is 9.59 Å². The maximum atomic E-state index is 11.6. The van der Waals surface area contributed by atoms with Gasteiger partial charge in [-0.1, -0.05) is 30.3 Å². The van der Waals surface area contributed by atoms with Crippen LogP contribution in [-0.4, -0.2) is 24.6 Å². The first-order valence-electron chi connectivity index (χ1n) is 7.01. The van der Waals surface area contributed by atoms with E-state index in [1.165, 1.54) is 13.1 Å². The summed E-state index contributed by atoms with van der Waals surface area (Å²) in [5, 5.41) is 6.52. The Morgan fingerprint density at radius 1 is 1.09 bits per heavy atom. The Hall–Kier alpha value is -3.15. The van der Waals surface area contributed by atoms with E-state index in [2.05, 4.69) is 15.8 Å². The number of rotatable bonds is 6. The predicted molar refractivity (Wildman–Crippen MR) is 88.4 cm³/mol. The van der Waals surface area contributed by atoms with E-state index in [0.717, 1.165) is 5.56 Å². The standard InChI is InChI=1S/C17H17N3O3/c1-13(21)19-15-9-7-14(8-10-15)11-18-20-17(22)12-23-16-5-3-2-4-6-16/h2-11H,12H2,1H3,(H,19,21)(H,20,22). The largest absolute Gasteiger partial charge is 0.484 e. The number of nitrogens with zero attached hydrogens (tertiary/aromatic N) is 1. The number of amides is 2. The molecule has 0 heterocycles. The van der Waals surface area contributed by atoms with Gasteiger partial charge in [0.05, 0.1) is 6.21 Å². The zero-order chi connectivity index (χ0) is 16.5. The highest BCUT2D eigenvalue weighted by Crippen LogP contribution is 2.08. The SMILES string of the molecule is CC(=O)Nc1ccc(C=NNC(=O)COc2ccccc2)cc1. The Labute approximate surface area is 134 Å². The molecule has 2 aromatic carbocycles. The molecule has 0 atom stereocenters. The zero-order valence-corrected chi connectivity index (χ0v) is 12.7. The van der Waals surface area contributed by atoms with Crippen molar-refractivity contribution in [3.05, 3.63) is 60.2 Å². The molecule has 118 valence electrons. The number of carbonyl (C=O) groups is 2. The molecule has 6 heteroatoms. The predicted octanol–water partition coefficient (Wildman–Crippen LogP) is 2.17. The fraction of sp³-hybridized carbons (Fsp3) is 0.118. The van der Waals surface area contributed by atoms with Crippen LogP contribution >= 0.6 is 0 Å². The normalized spacial score (nSPS) is 10.3. The van der Waals surface area contributed by atoms with Crippen LogP contribution in [0, 0.1) is 0 Å². The second-order valence-electron chi connectivity index (χ2n) is 4.70. The van der Waals surface area contributed by atoms with Crippen molar-refractivity contribution in [3.63, 3.8) is 0 Å². The summed E-state index contributed by atoms with van der Waals surface area (Å²) in [5.74, 6) is 0.150. The van der Waals surface area contributed by atoms with Crippen molar-refractivity contribution in [1.82, 2.24) is 5.43 Å². The van der Waals surface area contributed by atoms with Crippen LogP contribution in [0.1, 0.15) is 12.5 Å². The third-order valence-corrected chi connectivity index (χ3v) is 2.75. The highest BCUT2D eigenvalue weighted by molar-refractivity contribution is 5.89. The van der Waals surface area contributed by atoms with Crippen LogP contribution in [0.15, 0.2) is 59.7 Å². The van der Waals surface area contributed by atoms with Gasteiger partial charge in [-0.15, -0.1) is 0 Å². The monoisotopic (exact) mass is 311 g/mol. The van der Waals surface area contributed by atoms with E-state index in [0.29, 0.717) is 11.4 Å². The lowest BCUT2D eigenvalue weighted by Crippen LogP contribution is -2.24. The molecule has 2 N–H and O–H groups in total. The maximum Gasteiger partial charge on any atom is 0.277 e. The van der Waals surface area contributed by atoms with Crippen LogP contribution in [0.2, 0.25) is 0 Å². The second-order valence-corrected chi connectivity index (χ2v) is 4.70. The third-order valence-electron chi connectivity index (χ3n) is 2.75. The summed E-state index contributed by atoms with van der Waals surface area (Å²) in [6.07, 6.45) is 1.51. The number of benzene rings is 2. The molecule has 0 bridgehead atoms. The topological polar surface area (TPSA) is 79.8 Å². The first kappa shape index (κ1) is 16.2. The van der Waals surface area contributed by atoms with E-state index in [1.807, 2.05) is 18.2 Å². The fourth-order valence-electron chi connectivity index (χ4n) is 1.73. The molecule has 0 radical (unpaired) electrons. The van der Waals surface area contributed by atoms with Gasteiger partial charge in [-0.05, 0) is 29.8 Å². The van der Waals surface area contributed by atoms with Crippen molar-refractivity contribution in [2.75, 3.05) is 11.9 Å². The summed E-state index contributed by atoms with van der Waals surface area (Å²) >= 11 is 0. The number of hydrazone groups is 1. The summed E-state index contributed by atoms with van der Waals surface area (Å²) < 4.78 is 5.30. The van der Waals surface area contributed by atoms with E-state index < -0.39 is 0 Å².